The first-order valence-electron chi connectivity index (χ1n) is 10.2. The number of hydrogen-bond donors (Lipinski definition) is 3. The molecule has 0 bridgehead atoms. The van der Waals surface area contributed by atoms with Gasteiger partial charge >= 0.3 is 6.03 Å². The molecule has 27 heavy (non-hydrogen) atoms. The van der Waals surface area contributed by atoms with Gasteiger partial charge in [0, 0.05) is 44.0 Å². The zero-order chi connectivity index (χ0) is 19.2. The van der Waals surface area contributed by atoms with Crippen molar-refractivity contribution in [2.24, 2.45) is 5.92 Å². The maximum Gasteiger partial charge on any atom is 0.319 e. The number of carbonyl (C=O) groups excluding carboxylic acids is 2. The number of rotatable bonds is 5. The zero-order valence-electron chi connectivity index (χ0n) is 16.5. The van der Waals surface area contributed by atoms with Crippen LogP contribution < -0.4 is 16.0 Å². The van der Waals surface area contributed by atoms with Crippen molar-refractivity contribution in [1.82, 2.24) is 10.2 Å². The van der Waals surface area contributed by atoms with Crippen molar-refractivity contribution in [3.63, 3.8) is 0 Å². The maximum atomic E-state index is 12.4. The number of anilines is 2. The molecule has 0 unspecified atom stereocenters. The van der Waals surface area contributed by atoms with E-state index >= 15 is 0 Å². The van der Waals surface area contributed by atoms with E-state index in [2.05, 4.69) is 20.9 Å². The summed E-state index contributed by atoms with van der Waals surface area (Å²) in [7, 11) is 0. The van der Waals surface area contributed by atoms with Gasteiger partial charge in [-0.05, 0) is 56.2 Å². The predicted molar refractivity (Wildman–Crippen MR) is 109 cm³/mol. The molecule has 0 spiro atoms. The fourth-order valence-electron chi connectivity index (χ4n) is 4.20. The number of likely N-dealkylation sites (tertiary alicyclic amines) is 1. The lowest BCUT2D eigenvalue weighted by Crippen LogP contribution is -2.46. The summed E-state index contributed by atoms with van der Waals surface area (Å²) in [5, 5.41) is 8.78. The third-order valence-corrected chi connectivity index (χ3v) is 5.72. The van der Waals surface area contributed by atoms with E-state index in [-0.39, 0.29) is 18.0 Å². The number of nitrogens with one attached hydrogen (secondary N) is 3. The van der Waals surface area contributed by atoms with Gasteiger partial charge in [-0.1, -0.05) is 18.9 Å². The minimum atomic E-state index is -0.174. The van der Waals surface area contributed by atoms with Crippen LogP contribution in [0.4, 0.5) is 16.2 Å². The Morgan fingerprint density at radius 2 is 1.78 bits per heavy atom. The normalized spacial score (nSPS) is 19.0. The number of carbonyl (C=O) groups is 2. The smallest absolute Gasteiger partial charge is 0.319 e. The predicted octanol–water partition coefficient (Wildman–Crippen LogP) is 3.73. The van der Waals surface area contributed by atoms with Crippen LogP contribution in [0.15, 0.2) is 18.2 Å². The van der Waals surface area contributed by atoms with Crippen molar-refractivity contribution in [2.75, 3.05) is 30.3 Å². The second-order valence-corrected chi connectivity index (χ2v) is 8.03. The quantitative estimate of drug-likeness (QED) is 0.737. The van der Waals surface area contributed by atoms with Gasteiger partial charge in [-0.3, -0.25) is 4.79 Å². The number of hydrogen-bond acceptors (Lipinski definition) is 3. The van der Waals surface area contributed by atoms with Crippen LogP contribution in [-0.4, -0.2) is 42.5 Å². The fourth-order valence-corrected chi connectivity index (χ4v) is 4.20. The van der Waals surface area contributed by atoms with Gasteiger partial charge in [-0.25, -0.2) is 4.79 Å². The first kappa shape index (κ1) is 19.7. The third kappa shape index (κ3) is 5.96. The van der Waals surface area contributed by atoms with Crippen molar-refractivity contribution in [3.8, 4) is 0 Å². The van der Waals surface area contributed by atoms with Crippen molar-refractivity contribution >= 4 is 23.3 Å². The SMILES string of the molecule is CC(=O)Nc1ccc(C)c(NC(=O)NC2CCN(CC3CCCC3)CC2)c1. The Morgan fingerprint density at radius 3 is 2.44 bits per heavy atom. The average molecular weight is 373 g/mol. The highest BCUT2D eigenvalue weighted by atomic mass is 16.2. The van der Waals surface area contributed by atoms with E-state index in [1.54, 1.807) is 6.07 Å². The highest BCUT2D eigenvalue weighted by Gasteiger charge is 2.24. The minimum Gasteiger partial charge on any atom is -0.335 e. The summed E-state index contributed by atoms with van der Waals surface area (Å²) in [5.41, 5.74) is 2.37. The molecule has 1 heterocycles. The topological polar surface area (TPSA) is 73.5 Å². The Morgan fingerprint density at radius 1 is 1.07 bits per heavy atom. The Bertz CT molecular complexity index is 662. The summed E-state index contributed by atoms with van der Waals surface area (Å²) < 4.78 is 0. The number of nitrogens with zero attached hydrogens (tertiary/aromatic N) is 1. The molecule has 1 aliphatic carbocycles. The second kappa shape index (κ2) is 9.22. The van der Waals surface area contributed by atoms with Gasteiger partial charge in [0.15, 0.2) is 0 Å². The number of amides is 3. The summed E-state index contributed by atoms with van der Waals surface area (Å²) >= 11 is 0. The molecular weight excluding hydrogens is 340 g/mol. The number of urea groups is 1. The van der Waals surface area contributed by atoms with Crippen molar-refractivity contribution < 1.29 is 9.59 Å². The molecule has 1 saturated carbocycles. The molecule has 6 nitrogen and oxygen atoms in total. The van der Waals surface area contributed by atoms with Crippen LogP contribution in [0.2, 0.25) is 0 Å². The molecule has 3 N–H and O–H groups in total. The van der Waals surface area contributed by atoms with Crippen LogP contribution in [0.1, 0.15) is 51.0 Å². The van der Waals surface area contributed by atoms with Crippen LogP contribution in [0.3, 0.4) is 0 Å². The van der Waals surface area contributed by atoms with Gasteiger partial charge in [0.05, 0.1) is 0 Å². The molecule has 0 aromatic heterocycles. The molecular formula is C21H32N4O2. The lowest BCUT2D eigenvalue weighted by molar-refractivity contribution is -0.114. The molecule has 3 amide bonds. The molecule has 3 rings (SSSR count). The second-order valence-electron chi connectivity index (χ2n) is 8.03. The molecule has 6 heteroatoms. The van der Waals surface area contributed by atoms with Crippen molar-refractivity contribution in [2.45, 2.75) is 58.4 Å². The van der Waals surface area contributed by atoms with E-state index < -0.39 is 0 Å². The lowest BCUT2D eigenvalue weighted by atomic mass is 10.0. The van der Waals surface area contributed by atoms with E-state index in [0.717, 1.165) is 43.1 Å². The maximum absolute atomic E-state index is 12.4. The summed E-state index contributed by atoms with van der Waals surface area (Å²) in [6, 6.07) is 5.57. The fraction of sp³-hybridized carbons (Fsp3) is 0.619. The number of aryl methyl sites for hydroxylation is 1. The van der Waals surface area contributed by atoms with Gasteiger partial charge in [0.2, 0.25) is 5.91 Å². The summed E-state index contributed by atoms with van der Waals surface area (Å²) in [5.74, 6) is 0.760. The standard InChI is InChI=1S/C21H32N4O2/c1-15-7-8-19(22-16(2)26)13-20(15)24-21(27)23-18-9-11-25(12-10-18)14-17-5-3-4-6-17/h7-8,13,17-18H,3-6,9-12,14H2,1-2H3,(H,22,26)(H2,23,24,27). The Hall–Kier alpha value is -2.08. The van der Waals surface area contributed by atoms with E-state index in [4.69, 9.17) is 0 Å². The van der Waals surface area contributed by atoms with Crippen LogP contribution in [0.5, 0.6) is 0 Å². The Labute approximate surface area is 162 Å². The Kier molecular flexibility index (Phi) is 6.72. The van der Waals surface area contributed by atoms with Crippen LogP contribution >= 0.6 is 0 Å². The van der Waals surface area contributed by atoms with Gasteiger partial charge in [-0.15, -0.1) is 0 Å². The molecule has 2 fully saturated rings. The van der Waals surface area contributed by atoms with E-state index in [1.807, 2.05) is 19.1 Å². The lowest BCUT2D eigenvalue weighted by Gasteiger charge is -2.33. The highest BCUT2D eigenvalue weighted by Crippen LogP contribution is 2.26. The van der Waals surface area contributed by atoms with Crippen molar-refractivity contribution in [1.29, 1.82) is 0 Å². The van der Waals surface area contributed by atoms with Crippen molar-refractivity contribution in [3.05, 3.63) is 23.8 Å². The van der Waals surface area contributed by atoms with E-state index in [1.165, 1.54) is 39.2 Å². The van der Waals surface area contributed by atoms with E-state index in [9.17, 15) is 9.59 Å². The molecule has 1 aromatic carbocycles. The minimum absolute atomic E-state index is 0.126. The summed E-state index contributed by atoms with van der Waals surface area (Å²) in [6.45, 7) is 6.78. The zero-order valence-corrected chi connectivity index (χ0v) is 16.5. The monoisotopic (exact) mass is 372 g/mol. The van der Waals surface area contributed by atoms with Gasteiger partial charge in [-0.2, -0.15) is 0 Å². The van der Waals surface area contributed by atoms with E-state index in [0.29, 0.717) is 5.69 Å². The first-order chi connectivity index (χ1) is 13.0. The van der Waals surface area contributed by atoms with Crippen LogP contribution in [0.25, 0.3) is 0 Å². The third-order valence-electron chi connectivity index (χ3n) is 5.72. The molecule has 2 aliphatic rings. The van der Waals surface area contributed by atoms with Gasteiger partial charge < -0.3 is 20.9 Å². The number of benzene rings is 1. The highest BCUT2D eigenvalue weighted by molar-refractivity contribution is 5.93. The number of piperidine rings is 1. The Balaban J connectivity index is 1.45. The molecule has 0 atom stereocenters. The molecule has 1 aliphatic heterocycles. The molecule has 148 valence electrons. The first-order valence-corrected chi connectivity index (χ1v) is 10.2. The van der Waals surface area contributed by atoms with Crippen LogP contribution in [0, 0.1) is 12.8 Å². The largest absolute Gasteiger partial charge is 0.335 e. The summed E-state index contributed by atoms with van der Waals surface area (Å²) in [6.07, 6.45) is 7.57. The molecule has 1 saturated heterocycles. The van der Waals surface area contributed by atoms with Gasteiger partial charge in [0.1, 0.15) is 0 Å². The summed E-state index contributed by atoms with van der Waals surface area (Å²) in [4.78, 5) is 26.2. The van der Waals surface area contributed by atoms with Crippen LogP contribution in [-0.2, 0) is 4.79 Å². The molecule has 1 aromatic rings. The van der Waals surface area contributed by atoms with Gasteiger partial charge in [0.25, 0.3) is 0 Å². The average Bonchev–Trinajstić information content (AvgIpc) is 3.12. The molecule has 0 radical (unpaired) electrons.